The summed E-state index contributed by atoms with van der Waals surface area (Å²) < 4.78 is 1.76. The van der Waals surface area contributed by atoms with Crippen LogP contribution in [-0.2, 0) is 6.54 Å². The maximum Gasteiger partial charge on any atom is 0.0860 e. The van der Waals surface area contributed by atoms with Crippen molar-refractivity contribution in [1.82, 2.24) is 15.1 Å². The highest BCUT2D eigenvalue weighted by Crippen LogP contribution is 2.04. The van der Waals surface area contributed by atoms with Crippen LogP contribution in [-0.4, -0.2) is 34.1 Å². The van der Waals surface area contributed by atoms with Gasteiger partial charge in [-0.2, -0.15) is 5.10 Å². The predicted molar refractivity (Wildman–Crippen MR) is 74.5 cm³/mol. The zero-order chi connectivity index (χ0) is 13.1. The fraction of sp³-hybridized carbons (Fsp3) is 0.786. The summed E-state index contributed by atoms with van der Waals surface area (Å²) in [7, 11) is 0. The second-order valence-corrected chi connectivity index (χ2v) is 4.85. The molecule has 4 nitrogen and oxygen atoms in total. The molecule has 0 aliphatic heterocycles. The van der Waals surface area contributed by atoms with E-state index < -0.39 is 0 Å². The topological polar surface area (TPSA) is 50.1 Å². The van der Waals surface area contributed by atoms with Crippen molar-refractivity contribution in [2.24, 2.45) is 0 Å². The normalized spacial score (nSPS) is 12.8. The maximum absolute atomic E-state index is 9.77. The minimum Gasteiger partial charge on any atom is -0.390 e. The quantitative estimate of drug-likeness (QED) is 0.594. The zero-order valence-electron chi connectivity index (χ0n) is 11.5. The van der Waals surface area contributed by atoms with Gasteiger partial charge in [0.15, 0.2) is 0 Å². The van der Waals surface area contributed by atoms with E-state index in [2.05, 4.69) is 17.3 Å². The molecule has 0 spiro atoms. The summed E-state index contributed by atoms with van der Waals surface area (Å²) in [6.07, 6.45) is 11.1. The van der Waals surface area contributed by atoms with Gasteiger partial charge in [-0.1, -0.05) is 39.0 Å². The van der Waals surface area contributed by atoms with E-state index in [1.807, 2.05) is 12.3 Å². The molecule has 0 amide bonds. The van der Waals surface area contributed by atoms with Crippen molar-refractivity contribution in [2.45, 2.75) is 58.1 Å². The number of aliphatic hydroxyl groups excluding tert-OH is 1. The Morgan fingerprint density at radius 2 is 2.00 bits per heavy atom. The zero-order valence-corrected chi connectivity index (χ0v) is 11.5. The van der Waals surface area contributed by atoms with Crippen LogP contribution in [0.25, 0.3) is 0 Å². The number of aromatic nitrogens is 2. The highest BCUT2D eigenvalue weighted by molar-refractivity contribution is 4.78. The molecule has 1 aromatic rings. The molecule has 0 fully saturated rings. The highest BCUT2D eigenvalue weighted by atomic mass is 16.3. The summed E-state index contributed by atoms with van der Waals surface area (Å²) in [5.74, 6) is 0. The van der Waals surface area contributed by atoms with E-state index in [9.17, 15) is 5.11 Å². The van der Waals surface area contributed by atoms with Crippen LogP contribution < -0.4 is 5.32 Å². The van der Waals surface area contributed by atoms with Gasteiger partial charge < -0.3 is 10.4 Å². The first-order valence-corrected chi connectivity index (χ1v) is 7.19. The van der Waals surface area contributed by atoms with Gasteiger partial charge in [0.1, 0.15) is 0 Å². The van der Waals surface area contributed by atoms with E-state index in [1.54, 1.807) is 10.9 Å². The third-order valence-electron chi connectivity index (χ3n) is 3.04. The number of rotatable bonds is 11. The van der Waals surface area contributed by atoms with Crippen molar-refractivity contribution in [2.75, 3.05) is 13.1 Å². The van der Waals surface area contributed by atoms with Crippen LogP contribution >= 0.6 is 0 Å². The Morgan fingerprint density at radius 3 is 2.72 bits per heavy atom. The Kier molecular flexibility index (Phi) is 8.51. The lowest BCUT2D eigenvalue weighted by Gasteiger charge is -2.11. The van der Waals surface area contributed by atoms with E-state index in [0.717, 1.165) is 6.54 Å². The van der Waals surface area contributed by atoms with E-state index in [1.165, 1.54) is 38.5 Å². The molecule has 0 aliphatic rings. The van der Waals surface area contributed by atoms with Crippen molar-refractivity contribution in [3.8, 4) is 0 Å². The first-order chi connectivity index (χ1) is 8.83. The van der Waals surface area contributed by atoms with Crippen LogP contribution in [0.3, 0.4) is 0 Å². The maximum atomic E-state index is 9.77. The first kappa shape index (κ1) is 15.2. The molecule has 1 rings (SSSR count). The molecule has 0 saturated heterocycles. The summed E-state index contributed by atoms with van der Waals surface area (Å²) >= 11 is 0. The van der Waals surface area contributed by atoms with Crippen molar-refractivity contribution in [3.05, 3.63) is 18.5 Å². The summed E-state index contributed by atoms with van der Waals surface area (Å²) in [5, 5.41) is 17.1. The second kappa shape index (κ2) is 10.1. The van der Waals surface area contributed by atoms with Crippen LogP contribution in [0, 0.1) is 0 Å². The molecule has 1 atom stereocenters. The van der Waals surface area contributed by atoms with Gasteiger partial charge in [0.05, 0.1) is 12.6 Å². The van der Waals surface area contributed by atoms with Crippen molar-refractivity contribution < 1.29 is 5.11 Å². The van der Waals surface area contributed by atoms with Crippen molar-refractivity contribution in [1.29, 1.82) is 0 Å². The van der Waals surface area contributed by atoms with Crippen LogP contribution in [0.15, 0.2) is 18.5 Å². The van der Waals surface area contributed by atoms with Crippen LogP contribution in [0.4, 0.5) is 0 Å². The number of nitrogens with one attached hydrogen (secondary N) is 1. The monoisotopic (exact) mass is 253 g/mol. The van der Waals surface area contributed by atoms with Crippen molar-refractivity contribution in [3.63, 3.8) is 0 Å². The molecule has 0 bridgehead atoms. The van der Waals surface area contributed by atoms with Gasteiger partial charge in [-0.05, 0) is 19.0 Å². The smallest absolute Gasteiger partial charge is 0.0860 e. The molecule has 1 heterocycles. The summed E-state index contributed by atoms with van der Waals surface area (Å²) in [6, 6.07) is 1.87. The van der Waals surface area contributed by atoms with Crippen LogP contribution in [0.2, 0.25) is 0 Å². The fourth-order valence-corrected chi connectivity index (χ4v) is 1.99. The highest BCUT2D eigenvalue weighted by Gasteiger charge is 2.04. The average molecular weight is 253 g/mol. The lowest BCUT2D eigenvalue weighted by atomic mass is 10.1. The van der Waals surface area contributed by atoms with Gasteiger partial charge >= 0.3 is 0 Å². The summed E-state index contributed by atoms with van der Waals surface area (Å²) in [4.78, 5) is 0. The number of unbranched alkanes of at least 4 members (excludes halogenated alkanes) is 5. The third-order valence-corrected chi connectivity index (χ3v) is 3.04. The average Bonchev–Trinajstić information content (AvgIpc) is 2.85. The summed E-state index contributed by atoms with van der Waals surface area (Å²) in [6.45, 7) is 4.45. The number of hydrogen-bond acceptors (Lipinski definition) is 3. The molecule has 0 saturated carbocycles. The second-order valence-electron chi connectivity index (χ2n) is 4.85. The molecule has 4 heteroatoms. The van der Waals surface area contributed by atoms with Crippen molar-refractivity contribution >= 4 is 0 Å². The molecular formula is C14H27N3O. The minimum absolute atomic E-state index is 0.356. The Labute approximate surface area is 110 Å². The lowest BCUT2D eigenvalue weighted by molar-refractivity contribution is 0.147. The predicted octanol–water partition coefficient (Wildman–Crippen LogP) is 2.19. The molecule has 104 valence electrons. The van der Waals surface area contributed by atoms with Gasteiger partial charge in [-0.15, -0.1) is 0 Å². The van der Waals surface area contributed by atoms with E-state index in [-0.39, 0.29) is 6.10 Å². The molecule has 1 unspecified atom stereocenters. The largest absolute Gasteiger partial charge is 0.390 e. The van der Waals surface area contributed by atoms with Crippen LogP contribution in [0.1, 0.15) is 45.4 Å². The Hall–Kier alpha value is -0.870. The van der Waals surface area contributed by atoms with Gasteiger partial charge in [0.2, 0.25) is 0 Å². The lowest BCUT2D eigenvalue weighted by Crippen LogP contribution is -2.31. The Bertz CT molecular complexity index is 275. The number of nitrogens with zero attached hydrogens (tertiary/aromatic N) is 2. The third kappa shape index (κ3) is 7.45. The molecule has 0 radical (unpaired) electrons. The molecule has 1 aromatic heterocycles. The van der Waals surface area contributed by atoms with Crippen LogP contribution in [0.5, 0.6) is 0 Å². The SMILES string of the molecule is CCCCCCCCNCC(O)Cn1cccn1. The number of hydrogen-bond donors (Lipinski definition) is 2. The van der Waals surface area contributed by atoms with Gasteiger partial charge in [-0.3, -0.25) is 4.68 Å². The molecule has 18 heavy (non-hydrogen) atoms. The van der Waals surface area contributed by atoms with Gasteiger partial charge in [-0.25, -0.2) is 0 Å². The molecule has 0 aliphatic carbocycles. The minimum atomic E-state index is -0.356. The Balaban J connectivity index is 1.88. The van der Waals surface area contributed by atoms with E-state index >= 15 is 0 Å². The molecular weight excluding hydrogens is 226 g/mol. The van der Waals surface area contributed by atoms with Gasteiger partial charge in [0, 0.05) is 18.9 Å². The fourth-order valence-electron chi connectivity index (χ4n) is 1.99. The van der Waals surface area contributed by atoms with E-state index in [4.69, 9.17) is 0 Å². The molecule has 2 N–H and O–H groups in total. The molecule has 0 aromatic carbocycles. The summed E-state index contributed by atoms with van der Waals surface area (Å²) in [5.41, 5.74) is 0. The standard InChI is InChI=1S/C14H27N3O/c1-2-3-4-5-6-7-9-15-12-14(18)13-17-11-8-10-16-17/h8,10-11,14-15,18H,2-7,9,12-13H2,1H3. The number of aliphatic hydroxyl groups is 1. The van der Waals surface area contributed by atoms with E-state index in [0.29, 0.717) is 13.1 Å². The first-order valence-electron chi connectivity index (χ1n) is 7.19. The van der Waals surface area contributed by atoms with Gasteiger partial charge in [0.25, 0.3) is 0 Å². The Morgan fingerprint density at radius 1 is 1.22 bits per heavy atom.